The van der Waals surface area contributed by atoms with E-state index in [-0.39, 0.29) is 28.1 Å². The van der Waals surface area contributed by atoms with E-state index in [4.69, 9.17) is 32.5 Å². The van der Waals surface area contributed by atoms with Crippen molar-refractivity contribution in [3.05, 3.63) is 58.4 Å². The summed E-state index contributed by atoms with van der Waals surface area (Å²) < 4.78 is 37.1. The van der Waals surface area contributed by atoms with Crippen LogP contribution < -0.4 is 4.74 Å². The summed E-state index contributed by atoms with van der Waals surface area (Å²) in [6.07, 6.45) is 0. The lowest BCUT2D eigenvalue weighted by atomic mass is 10.2. The van der Waals surface area contributed by atoms with Crippen LogP contribution in [0.3, 0.4) is 0 Å². The van der Waals surface area contributed by atoms with Crippen molar-refractivity contribution in [3.8, 4) is 17.1 Å². The first-order valence-electron chi connectivity index (χ1n) is 7.69. The van der Waals surface area contributed by atoms with Gasteiger partial charge in [-0.25, -0.2) is 8.42 Å². The second-order valence-electron chi connectivity index (χ2n) is 5.57. The largest absolute Gasteiger partial charge is 0.495 e. The Labute approximate surface area is 166 Å². The molecule has 0 saturated carbocycles. The highest BCUT2D eigenvalue weighted by molar-refractivity contribution is 7.89. The van der Waals surface area contributed by atoms with Crippen LogP contribution in [-0.4, -0.2) is 37.0 Å². The van der Waals surface area contributed by atoms with Gasteiger partial charge in [0, 0.05) is 22.7 Å². The molecule has 0 fully saturated rings. The summed E-state index contributed by atoms with van der Waals surface area (Å²) in [4.78, 5) is 4.19. The van der Waals surface area contributed by atoms with E-state index in [2.05, 4.69) is 10.1 Å². The third-order valence-electron chi connectivity index (χ3n) is 3.74. The van der Waals surface area contributed by atoms with Gasteiger partial charge in [0.25, 0.3) is 0 Å². The molecule has 0 spiro atoms. The minimum absolute atomic E-state index is 0.0440. The number of halogens is 2. The van der Waals surface area contributed by atoms with Gasteiger partial charge in [-0.2, -0.15) is 9.29 Å². The van der Waals surface area contributed by atoms with E-state index >= 15 is 0 Å². The molecule has 0 radical (unpaired) electrons. The summed E-state index contributed by atoms with van der Waals surface area (Å²) in [6, 6.07) is 11.3. The predicted octanol–water partition coefficient (Wildman–Crippen LogP) is 3.87. The lowest BCUT2D eigenvalue weighted by molar-refractivity contribution is 0.335. The molecule has 10 heteroatoms. The quantitative estimate of drug-likeness (QED) is 0.593. The molecule has 27 heavy (non-hydrogen) atoms. The zero-order chi connectivity index (χ0) is 19.6. The Morgan fingerprint density at radius 2 is 1.78 bits per heavy atom. The maximum absolute atomic E-state index is 12.9. The highest BCUT2D eigenvalue weighted by Crippen LogP contribution is 2.29. The minimum atomic E-state index is -3.88. The minimum Gasteiger partial charge on any atom is -0.495 e. The number of rotatable bonds is 6. The number of hydrogen-bond acceptors (Lipinski definition) is 6. The standard InChI is InChI=1S/C17H15Cl2N3O4S/c1-22(27(23,24)15-9-13(19)7-8-14(15)25-2)10-16-20-17(21-26-16)11-3-5-12(18)6-4-11/h3-9H,10H2,1-2H3. The van der Waals surface area contributed by atoms with E-state index in [1.165, 1.54) is 26.3 Å². The lowest BCUT2D eigenvalue weighted by Gasteiger charge is -2.17. The fraction of sp³-hybridized carbons (Fsp3) is 0.176. The first kappa shape index (κ1) is 19.6. The molecular formula is C17H15Cl2N3O4S. The Hall–Kier alpha value is -2.13. The van der Waals surface area contributed by atoms with Crippen LogP contribution in [0.1, 0.15) is 5.89 Å². The molecule has 7 nitrogen and oxygen atoms in total. The first-order chi connectivity index (χ1) is 12.8. The van der Waals surface area contributed by atoms with Gasteiger partial charge in [-0.05, 0) is 42.5 Å². The van der Waals surface area contributed by atoms with Crippen molar-refractivity contribution in [2.75, 3.05) is 14.2 Å². The Morgan fingerprint density at radius 1 is 1.11 bits per heavy atom. The Balaban J connectivity index is 1.84. The van der Waals surface area contributed by atoms with Crippen molar-refractivity contribution in [1.82, 2.24) is 14.4 Å². The van der Waals surface area contributed by atoms with Gasteiger partial charge in [-0.3, -0.25) is 0 Å². The zero-order valence-electron chi connectivity index (χ0n) is 14.4. The van der Waals surface area contributed by atoms with Gasteiger partial charge >= 0.3 is 0 Å². The van der Waals surface area contributed by atoms with Crippen molar-refractivity contribution in [2.45, 2.75) is 11.4 Å². The molecule has 0 amide bonds. The summed E-state index contributed by atoms with van der Waals surface area (Å²) in [5, 5.41) is 4.75. The summed E-state index contributed by atoms with van der Waals surface area (Å²) >= 11 is 11.8. The summed E-state index contributed by atoms with van der Waals surface area (Å²) in [5.41, 5.74) is 0.705. The van der Waals surface area contributed by atoms with E-state index in [0.29, 0.717) is 16.4 Å². The van der Waals surface area contributed by atoms with Gasteiger partial charge in [-0.15, -0.1) is 0 Å². The molecule has 3 rings (SSSR count). The molecule has 3 aromatic rings. The maximum Gasteiger partial charge on any atom is 0.247 e. The predicted molar refractivity (Wildman–Crippen MR) is 101 cm³/mol. The Morgan fingerprint density at radius 3 is 2.44 bits per heavy atom. The molecule has 0 bridgehead atoms. The van der Waals surface area contributed by atoms with Crippen LogP contribution in [0.15, 0.2) is 51.9 Å². The molecule has 0 aliphatic heterocycles. The van der Waals surface area contributed by atoms with Crippen LogP contribution in [0.2, 0.25) is 10.0 Å². The Kier molecular flexibility index (Phi) is 5.71. The average Bonchev–Trinajstić information content (AvgIpc) is 3.10. The fourth-order valence-electron chi connectivity index (χ4n) is 2.33. The number of benzene rings is 2. The van der Waals surface area contributed by atoms with E-state index in [1.54, 1.807) is 30.3 Å². The van der Waals surface area contributed by atoms with E-state index in [9.17, 15) is 8.42 Å². The lowest BCUT2D eigenvalue weighted by Crippen LogP contribution is -2.27. The highest BCUT2D eigenvalue weighted by atomic mass is 35.5. The van der Waals surface area contributed by atoms with Gasteiger partial charge in [0.2, 0.25) is 21.7 Å². The second kappa shape index (κ2) is 7.85. The van der Waals surface area contributed by atoms with Gasteiger partial charge in [-0.1, -0.05) is 28.4 Å². The topological polar surface area (TPSA) is 85.5 Å². The summed E-state index contributed by atoms with van der Waals surface area (Å²) in [6.45, 7) is -0.113. The van der Waals surface area contributed by atoms with Gasteiger partial charge in [0.15, 0.2) is 0 Å². The molecular weight excluding hydrogens is 413 g/mol. The number of hydrogen-bond donors (Lipinski definition) is 0. The molecule has 1 heterocycles. The SMILES string of the molecule is COc1ccc(Cl)cc1S(=O)(=O)N(C)Cc1nc(-c2ccc(Cl)cc2)no1. The Bertz CT molecular complexity index is 1050. The molecule has 0 unspecified atom stereocenters. The normalized spacial score (nSPS) is 11.7. The van der Waals surface area contributed by atoms with E-state index < -0.39 is 10.0 Å². The number of nitrogens with zero attached hydrogens (tertiary/aromatic N) is 3. The molecule has 0 aliphatic rings. The van der Waals surface area contributed by atoms with Crippen LogP contribution in [0.5, 0.6) is 5.75 Å². The van der Waals surface area contributed by atoms with Gasteiger partial charge < -0.3 is 9.26 Å². The van der Waals surface area contributed by atoms with Crippen LogP contribution in [0, 0.1) is 0 Å². The number of ether oxygens (including phenoxy) is 1. The number of sulfonamides is 1. The molecule has 0 aliphatic carbocycles. The first-order valence-corrected chi connectivity index (χ1v) is 9.89. The van der Waals surface area contributed by atoms with E-state index in [1.807, 2.05) is 0 Å². The maximum atomic E-state index is 12.9. The van der Waals surface area contributed by atoms with Crippen LogP contribution in [0.4, 0.5) is 0 Å². The third-order valence-corrected chi connectivity index (χ3v) is 6.05. The monoisotopic (exact) mass is 427 g/mol. The molecule has 1 aromatic heterocycles. The summed E-state index contributed by atoms with van der Waals surface area (Å²) in [7, 11) is -1.09. The van der Waals surface area contributed by atoms with Gasteiger partial charge in [0.05, 0.1) is 13.7 Å². The van der Waals surface area contributed by atoms with Gasteiger partial charge in [0.1, 0.15) is 10.6 Å². The molecule has 0 saturated heterocycles. The van der Waals surface area contributed by atoms with Crippen LogP contribution >= 0.6 is 23.2 Å². The number of aromatic nitrogens is 2. The van der Waals surface area contributed by atoms with Crippen LogP contribution in [-0.2, 0) is 16.6 Å². The van der Waals surface area contributed by atoms with Crippen molar-refractivity contribution in [3.63, 3.8) is 0 Å². The van der Waals surface area contributed by atoms with Crippen molar-refractivity contribution in [2.24, 2.45) is 0 Å². The summed E-state index contributed by atoms with van der Waals surface area (Å²) in [5.74, 6) is 0.679. The molecule has 0 N–H and O–H groups in total. The molecule has 142 valence electrons. The second-order valence-corrected chi connectivity index (χ2v) is 8.46. The zero-order valence-corrected chi connectivity index (χ0v) is 16.7. The molecule has 2 aromatic carbocycles. The van der Waals surface area contributed by atoms with Crippen molar-refractivity contribution in [1.29, 1.82) is 0 Å². The van der Waals surface area contributed by atoms with Crippen molar-refractivity contribution >= 4 is 33.2 Å². The van der Waals surface area contributed by atoms with Crippen molar-refractivity contribution < 1.29 is 17.7 Å². The fourth-order valence-corrected chi connectivity index (χ4v) is 3.99. The number of methoxy groups -OCH3 is 1. The highest BCUT2D eigenvalue weighted by Gasteiger charge is 2.27. The van der Waals surface area contributed by atoms with E-state index in [0.717, 1.165) is 4.31 Å². The average molecular weight is 428 g/mol. The smallest absolute Gasteiger partial charge is 0.247 e. The third kappa shape index (κ3) is 4.24. The molecule has 0 atom stereocenters. The van der Waals surface area contributed by atoms with Crippen LogP contribution in [0.25, 0.3) is 11.4 Å².